The van der Waals surface area contributed by atoms with E-state index < -0.39 is 17.6 Å². The van der Waals surface area contributed by atoms with E-state index in [0.717, 1.165) is 19.2 Å². The van der Waals surface area contributed by atoms with Crippen LogP contribution in [0.15, 0.2) is 49.1 Å². The number of nitrogens with one attached hydrogen (secondary N) is 1. The maximum atomic E-state index is 14.0. The fourth-order valence-electron chi connectivity index (χ4n) is 4.58. The minimum atomic E-state index is -4.57. The predicted molar refractivity (Wildman–Crippen MR) is 153 cm³/mol. The molecular weight excluding hydrogens is 563 g/mol. The molecule has 5 rings (SSSR count). The summed E-state index contributed by atoms with van der Waals surface area (Å²) in [4.78, 5) is 34.1. The average molecular weight is 592 g/mol. The number of rotatable bonds is 6. The molecule has 1 aliphatic rings. The number of pyridine rings is 2. The molecule has 222 valence electrons. The third kappa shape index (κ3) is 6.99. The number of hydrogen-bond donors (Lipinski definition) is 1. The number of benzene rings is 1. The summed E-state index contributed by atoms with van der Waals surface area (Å²) in [6, 6.07) is 5.36. The second kappa shape index (κ2) is 12.6. The summed E-state index contributed by atoms with van der Waals surface area (Å²) in [6.45, 7) is 3.14. The molecule has 1 aliphatic heterocycles. The van der Waals surface area contributed by atoms with Gasteiger partial charge in [-0.1, -0.05) is 17.9 Å². The first-order chi connectivity index (χ1) is 20.6. The first kappa shape index (κ1) is 29.7. The number of alkyl halides is 3. The quantitative estimate of drug-likeness (QED) is 0.335. The summed E-state index contributed by atoms with van der Waals surface area (Å²) >= 11 is 0. The third-order valence-electron chi connectivity index (χ3n) is 6.91. The van der Waals surface area contributed by atoms with Gasteiger partial charge in [0, 0.05) is 62.6 Å². The topological polar surface area (TPSA) is 106 Å². The molecule has 1 fully saturated rings. The summed E-state index contributed by atoms with van der Waals surface area (Å²) in [5.74, 6) is 5.66. The smallest absolute Gasteiger partial charge is 0.416 e. The van der Waals surface area contributed by atoms with Crippen molar-refractivity contribution >= 4 is 22.6 Å². The van der Waals surface area contributed by atoms with Gasteiger partial charge in [-0.3, -0.25) is 19.7 Å². The number of hydrogen-bond acceptors (Lipinski definition) is 9. The van der Waals surface area contributed by atoms with Gasteiger partial charge in [0.15, 0.2) is 0 Å². The van der Waals surface area contributed by atoms with Crippen molar-refractivity contribution in [2.45, 2.75) is 12.7 Å². The Balaban J connectivity index is 1.35. The Morgan fingerprint density at radius 2 is 1.67 bits per heavy atom. The fraction of sp³-hybridized carbons (Fsp3) is 0.300. The third-order valence-corrected chi connectivity index (χ3v) is 6.91. The standard InChI is InChI=1S/C30H28F3N7O3/c1-39-8-10-40(11-9-39)18-21-6-7-23(13-24(21)30(31,32)33)36-27(41)22-12-19(14-34-16-22)4-5-20-15-35-17-25-26(20)38-29(43-3)28(37-25)42-2/h6-7,12-17H,8-11,18H2,1-3H3,(H,36,41). The summed E-state index contributed by atoms with van der Waals surface area (Å²) in [5, 5.41) is 2.55. The van der Waals surface area contributed by atoms with Crippen LogP contribution in [0.2, 0.25) is 0 Å². The van der Waals surface area contributed by atoms with Crippen molar-refractivity contribution in [3.63, 3.8) is 0 Å². The number of likely N-dealkylation sites (N-methyl/N-ethyl adjacent to an activating group) is 1. The van der Waals surface area contributed by atoms with E-state index in [1.807, 2.05) is 11.9 Å². The Bertz CT molecular complexity index is 1710. The van der Waals surface area contributed by atoms with E-state index in [0.29, 0.717) is 35.2 Å². The number of aromatic nitrogens is 4. The Morgan fingerprint density at radius 1 is 0.953 bits per heavy atom. The van der Waals surface area contributed by atoms with Crippen LogP contribution in [0.4, 0.5) is 18.9 Å². The number of ether oxygens (including phenoxy) is 2. The van der Waals surface area contributed by atoms with Crippen molar-refractivity contribution in [1.82, 2.24) is 29.7 Å². The maximum Gasteiger partial charge on any atom is 0.416 e. The van der Waals surface area contributed by atoms with Crippen molar-refractivity contribution in [2.24, 2.45) is 0 Å². The maximum absolute atomic E-state index is 14.0. The van der Waals surface area contributed by atoms with E-state index in [1.165, 1.54) is 57.2 Å². The van der Waals surface area contributed by atoms with Crippen molar-refractivity contribution < 1.29 is 27.4 Å². The highest BCUT2D eigenvalue weighted by atomic mass is 19.4. The molecule has 43 heavy (non-hydrogen) atoms. The van der Waals surface area contributed by atoms with Crippen LogP contribution in [-0.2, 0) is 12.7 Å². The molecular formula is C30H28F3N7O3. The van der Waals surface area contributed by atoms with Gasteiger partial charge in [0.1, 0.15) is 11.0 Å². The predicted octanol–water partition coefficient (Wildman–Crippen LogP) is 3.86. The number of methoxy groups -OCH3 is 2. The van der Waals surface area contributed by atoms with Crippen molar-refractivity contribution in [3.05, 3.63) is 76.9 Å². The van der Waals surface area contributed by atoms with E-state index in [4.69, 9.17) is 9.47 Å². The lowest BCUT2D eigenvalue weighted by Crippen LogP contribution is -2.44. The highest BCUT2D eigenvalue weighted by Crippen LogP contribution is 2.35. The zero-order chi connectivity index (χ0) is 30.6. The minimum Gasteiger partial charge on any atom is -0.477 e. The van der Waals surface area contributed by atoms with Crippen molar-refractivity contribution in [3.8, 4) is 23.6 Å². The molecule has 0 spiro atoms. The second-order valence-electron chi connectivity index (χ2n) is 9.91. The Labute approximate surface area is 245 Å². The number of fused-ring (bicyclic) bond motifs is 1. The Morgan fingerprint density at radius 3 is 2.40 bits per heavy atom. The number of carbonyl (C=O) groups excluding carboxylic acids is 1. The van der Waals surface area contributed by atoms with Gasteiger partial charge in [-0.25, -0.2) is 9.97 Å². The van der Waals surface area contributed by atoms with Gasteiger partial charge in [0.25, 0.3) is 17.7 Å². The summed E-state index contributed by atoms with van der Waals surface area (Å²) in [7, 11) is 4.88. The number of nitrogens with zero attached hydrogens (tertiary/aromatic N) is 6. The molecule has 0 unspecified atom stereocenters. The van der Waals surface area contributed by atoms with E-state index >= 15 is 0 Å². The monoisotopic (exact) mass is 591 g/mol. The zero-order valence-electron chi connectivity index (χ0n) is 23.7. The van der Waals surface area contributed by atoms with Gasteiger partial charge in [-0.05, 0) is 30.8 Å². The van der Waals surface area contributed by atoms with Gasteiger partial charge in [0.05, 0.1) is 37.1 Å². The van der Waals surface area contributed by atoms with Crippen LogP contribution in [0, 0.1) is 11.8 Å². The van der Waals surface area contributed by atoms with Crippen molar-refractivity contribution in [1.29, 1.82) is 0 Å². The van der Waals surface area contributed by atoms with E-state index in [1.54, 1.807) is 0 Å². The summed E-state index contributed by atoms with van der Waals surface area (Å²) in [5.41, 5.74) is 1.29. The SMILES string of the molecule is COc1nc2cncc(C#Cc3cncc(C(=O)Nc4ccc(CN5CCN(C)CC5)c(C(F)(F)F)c4)c3)c2nc1OC. The van der Waals surface area contributed by atoms with E-state index in [2.05, 4.69) is 42.0 Å². The molecule has 1 N–H and O–H groups in total. The minimum absolute atomic E-state index is 0.0284. The van der Waals surface area contributed by atoms with Gasteiger partial charge < -0.3 is 19.7 Å². The largest absolute Gasteiger partial charge is 0.477 e. The fourth-order valence-corrected chi connectivity index (χ4v) is 4.58. The Kier molecular flexibility index (Phi) is 8.70. The molecule has 0 saturated carbocycles. The molecule has 0 bridgehead atoms. The zero-order valence-corrected chi connectivity index (χ0v) is 23.7. The molecule has 0 atom stereocenters. The van der Waals surface area contributed by atoms with Gasteiger partial charge in [-0.15, -0.1) is 0 Å². The highest BCUT2D eigenvalue weighted by Gasteiger charge is 2.34. The second-order valence-corrected chi connectivity index (χ2v) is 9.91. The molecule has 0 aliphatic carbocycles. The highest BCUT2D eigenvalue weighted by molar-refractivity contribution is 6.04. The lowest BCUT2D eigenvalue weighted by molar-refractivity contribution is -0.138. The molecule has 13 heteroatoms. The molecule has 1 aromatic carbocycles. The van der Waals surface area contributed by atoms with Crippen LogP contribution in [0.3, 0.4) is 0 Å². The molecule has 4 heterocycles. The summed E-state index contributed by atoms with van der Waals surface area (Å²) < 4.78 is 52.3. The van der Waals surface area contributed by atoms with Crippen LogP contribution < -0.4 is 14.8 Å². The van der Waals surface area contributed by atoms with Gasteiger partial charge in [-0.2, -0.15) is 13.2 Å². The first-order valence-electron chi connectivity index (χ1n) is 13.3. The normalized spacial score (nSPS) is 14.2. The lowest BCUT2D eigenvalue weighted by atomic mass is 10.0. The van der Waals surface area contributed by atoms with E-state index in [9.17, 15) is 18.0 Å². The number of carbonyl (C=O) groups is 1. The van der Waals surface area contributed by atoms with Gasteiger partial charge >= 0.3 is 6.18 Å². The number of halogens is 3. The lowest BCUT2D eigenvalue weighted by Gasteiger charge is -2.33. The molecule has 0 radical (unpaired) electrons. The van der Waals surface area contributed by atoms with Crippen LogP contribution >= 0.6 is 0 Å². The molecule has 1 amide bonds. The number of anilines is 1. The number of piperazine rings is 1. The molecule has 1 saturated heterocycles. The molecule has 4 aromatic rings. The van der Waals surface area contributed by atoms with Crippen LogP contribution in [0.5, 0.6) is 11.8 Å². The van der Waals surface area contributed by atoms with Crippen LogP contribution in [0.1, 0.15) is 32.6 Å². The first-order valence-corrected chi connectivity index (χ1v) is 13.3. The Hall–Kier alpha value is -4.80. The number of amides is 1. The molecule has 3 aromatic heterocycles. The average Bonchev–Trinajstić information content (AvgIpc) is 3.00. The van der Waals surface area contributed by atoms with Crippen molar-refractivity contribution in [2.75, 3.05) is 52.8 Å². The summed E-state index contributed by atoms with van der Waals surface area (Å²) in [6.07, 6.45) is 1.24. The van der Waals surface area contributed by atoms with Gasteiger partial charge in [0.2, 0.25) is 0 Å². The molecule has 10 nitrogen and oxygen atoms in total. The van der Waals surface area contributed by atoms with Crippen LogP contribution in [-0.4, -0.2) is 83.1 Å². The van der Waals surface area contributed by atoms with E-state index in [-0.39, 0.29) is 35.1 Å². The van der Waals surface area contributed by atoms with Crippen LogP contribution in [0.25, 0.3) is 11.0 Å².